The molecule has 0 radical (unpaired) electrons. The van der Waals surface area contributed by atoms with Crippen molar-refractivity contribution in [3.8, 4) is 33.9 Å². The maximum atomic E-state index is 13.1. The number of aryl methyl sites for hydroxylation is 1. The highest BCUT2D eigenvalue weighted by atomic mass is 31.2. The molecule has 5 atom stereocenters. The third-order valence-electron chi connectivity index (χ3n) is 8.30. The number of ether oxygens (including phenoxy) is 2. The van der Waals surface area contributed by atoms with E-state index in [1.807, 2.05) is 32.0 Å². The maximum absolute atomic E-state index is 13.1. The van der Waals surface area contributed by atoms with Crippen LogP contribution >= 0.6 is 7.82 Å². The highest BCUT2D eigenvalue weighted by molar-refractivity contribution is 7.47. The van der Waals surface area contributed by atoms with Crippen LogP contribution in [0.1, 0.15) is 18.7 Å². The number of anilines is 1. The molecule has 1 saturated heterocycles. The van der Waals surface area contributed by atoms with Gasteiger partial charge in [0.1, 0.15) is 47.5 Å². The van der Waals surface area contributed by atoms with Crippen LogP contribution in [0.15, 0.2) is 76.5 Å². The van der Waals surface area contributed by atoms with Crippen LogP contribution in [0.5, 0.6) is 11.5 Å². The maximum Gasteiger partial charge on any atom is 0.527 e. The average molecular weight is 690 g/mol. The van der Waals surface area contributed by atoms with Gasteiger partial charge < -0.3 is 33.9 Å². The van der Waals surface area contributed by atoms with Crippen molar-refractivity contribution >= 4 is 35.8 Å². The largest absolute Gasteiger partial charge is 0.527 e. The highest BCUT2D eigenvalue weighted by Crippen LogP contribution is 2.47. The minimum Gasteiger partial charge on any atom is -0.497 e. The zero-order valence-electron chi connectivity index (χ0n) is 26.5. The van der Waals surface area contributed by atoms with Crippen LogP contribution in [-0.2, 0) is 13.8 Å². The summed E-state index contributed by atoms with van der Waals surface area (Å²) in [5.41, 5.74) is 4.13. The Morgan fingerprint density at radius 1 is 1.00 bits per heavy atom. The molecule has 4 N–H and O–H groups in total. The summed E-state index contributed by atoms with van der Waals surface area (Å²) in [6.45, 7) is 3.85. The molecule has 1 fully saturated rings. The molecule has 49 heavy (non-hydrogen) atoms. The van der Waals surface area contributed by atoms with Crippen LogP contribution in [0.2, 0.25) is 0 Å². The number of hydrogen-bond donors (Lipinski definition) is 4. The molecule has 0 amide bonds. The predicted molar refractivity (Wildman–Crippen MR) is 178 cm³/mol. The fourth-order valence-electron chi connectivity index (χ4n) is 6.00. The quantitative estimate of drug-likeness (QED) is 0.117. The summed E-state index contributed by atoms with van der Waals surface area (Å²) >= 11 is 0. The number of methoxy groups -OCH3 is 1. The van der Waals surface area contributed by atoms with Crippen molar-refractivity contribution in [2.45, 2.75) is 38.4 Å². The molecule has 16 heteroatoms. The van der Waals surface area contributed by atoms with Crippen molar-refractivity contribution in [1.82, 2.24) is 19.5 Å². The molecule has 4 aromatic rings. The fourth-order valence-corrected chi connectivity index (χ4v) is 6.77. The second-order valence-electron chi connectivity index (χ2n) is 11.5. The Morgan fingerprint density at radius 3 is 2.57 bits per heavy atom. The van der Waals surface area contributed by atoms with Gasteiger partial charge in [-0.25, -0.2) is 19.5 Å². The summed E-state index contributed by atoms with van der Waals surface area (Å²) < 4.78 is 42.4. The zero-order chi connectivity index (χ0) is 34.4. The lowest BCUT2D eigenvalue weighted by Crippen LogP contribution is -2.33. The first-order chi connectivity index (χ1) is 23.6. The van der Waals surface area contributed by atoms with E-state index in [4.69, 9.17) is 22.9 Å². The summed E-state index contributed by atoms with van der Waals surface area (Å²) in [7, 11) is -3.21. The Bertz CT molecular complexity index is 2260. The summed E-state index contributed by atoms with van der Waals surface area (Å²) in [6, 6.07) is 14.8. The SMILES string of the molecule is CCNc1ncnc2c1ncn2[C@@H]1O[C@H](COP(=O)(O)Oc2ccc3c(-c4ccc(OC)cc4C)c4ccc(=O)cc-4oc3c2)[C@@H](O)[C@H]1O. The normalized spacial score (nSPS) is 20.5. The van der Waals surface area contributed by atoms with Crippen LogP contribution in [-0.4, -0.2) is 73.2 Å². The summed E-state index contributed by atoms with van der Waals surface area (Å²) in [5, 5.41) is 25.3. The number of phosphoric acid groups is 1. The zero-order valence-corrected chi connectivity index (χ0v) is 27.4. The van der Waals surface area contributed by atoms with Crippen molar-refractivity contribution in [1.29, 1.82) is 0 Å². The Kier molecular flexibility index (Phi) is 8.57. The lowest BCUT2D eigenvalue weighted by atomic mass is 9.91. The molecule has 2 aromatic heterocycles. The summed E-state index contributed by atoms with van der Waals surface area (Å²) in [6.07, 6.45) is -2.50. The average Bonchev–Trinajstić information content (AvgIpc) is 3.63. The summed E-state index contributed by atoms with van der Waals surface area (Å²) in [5.74, 6) is 1.45. The van der Waals surface area contributed by atoms with Crippen molar-refractivity contribution in [2.75, 3.05) is 25.6 Å². The molecule has 7 rings (SSSR count). The molecule has 4 heterocycles. The summed E-state index contributed by atoms with van der Waals surface area (Å²) in [4.78, 5) is 35.6. The molecular weight excluding hydrogens is 657 g/mol. The van der Waals surface area contributed by atoms with Crippen LogP contribution in [0.25, 0.3) is 44.6 Å². The van der Waals surface area contributed by atoms with E-state index >= 15 is 0 Å². The van der Waals surface area contributed by atoms with Gasteiger partial charge in [-0.15, -0.1) is 0 Å². The van der Waals surface area contributed by atoms with Gasteiger partial charge >= 0.3 is 7.82 Å². The Hall–Kier alpha value is -4.89. The molecular formula is C33H32N5O10P. The number of hydrogen-bond acceptors (Lipinski definition) is 13. The Morgan fingerprint density at radius 2 is 1.80 bits per heavy atom. The monoisotopic (exact) mass is 689 g/mol. The lowest BCUT2D eigenvalue weighted by Gasteiger charge is -2.19. The van der Waals surface area contributed by atoms with E-state index in [0.717, 1.165) is 16.7 Å². The van der Waals surface area contributed by atoms with Crippen molar-refractivity contribution in [3.05, 3.63) is 83.0 Å². The third kappa shape index (κ3) is 6.12. The van der Waals surface area contributed by atoms with Crippen molar-refractivity contribution in [3.63, 3.8) is 0 Å². The predicted octanol–water partition coefficient (Wildman–Crippen LogP) is 4.27. The number of imidazole rings is 1. The lowest BCUT2D eigenvalue weighted by molar-refractivity contribution is -0.0501. The number of fused-ring (bicyclic) bond motifs is 3. The van der Waals surface area contributed by atoms with Gasteiger partial charge in [0.2, 0.25) is 0 Å². The third-order valence-corrected chi connectivity index (χ3v) is 9.22. The van der Waals surface area contributed by atoms with Gasteiger partial charge in [0.25, 0.3) is 0 Å². The van der Waals surface area contributed by atoms with E-state index in [2.05, 4.69) is 20.3 Å². The molecule has 0 bridgehead atoms. The number of phosphoric ester groups is 1. The standard InChI is InChI=1S/C33H32N5O10P/c1-4-34-31-28-32(36-15-35-31)38(16-37-28)33-30(41)29(40)26(47-33)14-45-49(42,43)48-20-7-10-23-25(13-20)46-24-12-18(39)5-8-22(24)27(23)21-9-6-19(44-3)11-17(21)2/h5-13,15-16,26,29-30,33,40-41H,4,14H2,1-3H3,(H,42,43)(H,34,35,36)/t26-,29-,30-,33-/m1/s1. The highest BCUT2D eigenvalue weighted by Gasteiger charge is 2.45. The van der Waals surface area contributed by atoms with Gasteiger partial charge in [-0.1, -0.05) is 6.07 Å². The number of nitrogens with one attached hydrogen (secondary N) is 1. The van der Waals surface area contributed by atoms with Gasteiger partial charge in [-0.2, -0.15) is 0 Å². The Balaban J connectivity index is 1.12. The number of rotatable bonds is 10. The first kappa shape index (κ1) is 32.6. The van der Waals surface area contributed by atoms with Crippen LogP contribution in [0, 0.1) is 6.92 Å². The van der Waals surface area contributed by atoms with E-state index in [9.17, 15) is 24.5 Å². The number of aliphatic hydroxyl groups is 2. The van der Waals surface area contributed by atoms with Crippen molar-refractivity contribution in [2.24, 2.45) is 0 Å². The topological polar surface area (TPSA) is 201 Å². The molecule has 15 nitrogen and oxygen atoms in total. The van der Waals surface area contributed by atoms with Crippen LogP contribution < -0.4 is 20.0 Å². The van der Waals surface area contributed by atoms with Crippen molar-refractivity contribution < 1.29 is 42.6 Å². The first-order valence-corrected chi connectivity index (χ1v) is 16.8. The number of aliphatic hydroxyl groups excluding tert-OH is 2. The van der Waals surface area contributed by atoms with Crippen LogP contribution in [0.4, 0.5) is 5.82 Å². The van der Waals surface area contributed by atoms with Gasteiger partial charge in [0.05, 0.1) is 20.0 Å². The van der Waals surface area contributed by atoms with Gasteiger partial charge in [-0.3, -0.25) is 18.8 Å². The van der Waals surface area contributed by atoms with Crippen LogP contribution in [0.3, 0.4) is 0 Å². The molecule has 0 spiro atoms. The first-order valence-electron chi connectivity index (χ1n) is 15.3. The number of nitrogens with zero attached hydrogens (tertiary/aromatic N) is 4. The van der Waals surface area contributed by atoms with E-state index in [1.165, 1.54) is 41.5 Å². The minimum absolute atomic E-state index is 0.0519. The molecule has 1 aliphatic carbocycles. The van der Waals surface area contributed by atoms with E-state index in [0.29, 0.717) is 46.0 Å². The minimum atomic E-state index is -4.79. The molecule has 1 unspecified atom stereocenters. The Labute approximate surface area is 278 Å². The van der Waals surface area contributed by atoms with E-state index in [1.54, 1.807) is 19.2 Å². The van der Waals surface area contributed by atoms with E-state index < -0.39 is 39.0 Å². The number of aromatic nitrogens is 4. The fraction of sp³-hybridized carbons (Fsp3) is 0.273. The number of benzene rings is 3. The molecule has 3 aliphatic rings. The second kappa shape index (κ2) is 12.9. The molecule has 0 saturated carbocycles. The molecule has 2 aliphatic heterocycles. The molecule has 2 aromatic carbocycles. The van der Waals surface area contributed by atoms with Gasteiger partial charge in [-0.05, 0) is 61.4 Å². The van der Waals surface area contributed by atoms with E-state index in [-0.39, 0.29) is 16.8 Å². The van der Waals surface area contributed by atoms with Gasteiger partial charge in [0, 0.05) is 35.2 Å². The second-order valence-corrected chi connectivity index (χ2v) is 12.8. The molecule has 254 valence electrons. The smallest absolute Gasteiger partial charge is 0.497 e. The van der Waals surface area contributed by atoms with Gasteiger partial charge in [0.15, 0.2) is 28.6 Å².